The minimum atomic E-state index is -0.0912. The second-order valence-electron chi connectivity index (χ2n) is 7.43. The molecular weight excluding hydrogens is 529 g/mol. The number of methoxy groups -OCH3 is 1. The molecule has 1 heterocycles. The third kappa shape index (κ3) is 8.60. The van der Waals surface area contributed by atoms with E-state index >= 15 is 0 Å². The van der Waals surface area contributed by atoms with E-state index in [4.69, 9.17) is 9.47 Å². The molecule has 0 aliphatic rings. The number of guanidine groups is 1. The number of imidazole rings is 1. The first-order chi connectivity index (χ1) is 15.7. The number of aromatic nitrogens is 2. The first-order valence-corrected chi connectivity index (χ1v) is 11.1. The van der Waals surface area contributed by atoms with E-state index in [0.29, 0.717) is 6.54 Å². The Bertz CT molecular complexity index is 978. The molecule has 0 aliphatic carbocycles. The van der Waals surface area contributed by atoms with Gasteiger partial charge >= 0.3 is 0 Å². The molecule has 0 saturated heterocycles. The van der Waals surface area contributed by atoms with Crippen LogP contribution in [-0.2, 0) is 13.0 Å². The molecule has 0 radical (unpaired) electrons. The Labute approximate surface area is 213 Å². The Balaban J connectivity index is 0.00000385. The number of nitrogens with zero attached hydrogens (tertiary/aromatic N) is 3. The van der Waals surface area contributed by atoms with Crippen LogP contribution in [0.1, 0.15) is 25.2 Å². The summed E-state index contributed by atoms with van der Waals surface area (Å²) in [5.41, 5.74) is 1.26. The topological polar surface area (TPSA) is 72.7 Å². The van der Waals surface area contributed by atoms with E-state index in [-0.39, 0.29) is 30.1 Å². The van der Waals surface area contributed by atoms with Crippen LogP contribution in [0.4, 0.5) is 0 Å². The summed E-state index contributed by atoms with van der Waals surface area (Å²) in [4.78, 5) is 9.20. The van der Waals surface area contributed by atoms with E-state index in [0.717, 1.165) is 49.3 Å². The van der Waals surface area contributed by atoms with Crippen LogP contribution in [0.3, 0.4) is 0 Å². The van der Waals surface area contributed by atoms with E-state index in [1.165, 1.54) is 5.56 Å². The lowest BCUT2D eigenvalue weighted by Crippen LogP contribution is -2.39. The normalized spacial score (nSPS) is 11.9. The standard InChI is InChI=1S/C25H33N5O2.HI/c1-4-26-25(29-18-20(2)32-23-13-9-8-12-22(23)31-3)28-15-14-24-27-16-17-30(24)19-21-10-6-5-7-11-21;/h5-13,16-17,20H,4,14-15,18-19H2,1-3H3,(H2,26,28,29);1H. The van der Waals surface area contributed by atoms with Crippen molar-refractivity contribution < 1.29 is 9.47 Å². The van der Waals surface area contributed by atoms with Crippen LogP contribution in [0.25, 0.3) is 0 Å². The Kier molecular flexibility index (Phi) is 11.6. The first kappa shape index (κ1) is 26.5. The van der Waals surface area contributed by atoms with Gasteiger partial charge in [-0.05, 0) is 31.5 Å². The van der Waals surface area contributed by atoms with Gasteiger partial charge in [0.1, 0.15) is 11.9 Å². The van der Waals surface area contributed by atoms with Gasteiger partial charge in [-0.1, -0.05) is 42.5 Å². The summed E-state index contributed by atoms with van der Waals surface area (Å²) >= 11 is 0. The van der Waals surface area contributed by atoms with E-state index in [1.54, 1.807) is 7.11 Å². The van der Waals surface area contributed by atoms with Crippen LogP contribution in [0.15, 0.2) is 72.0 Å². The summed E-state index contributed by atoms with van der Waals surface area (Å²) in [5, 5.41) is 6.69. The molecule has 0 saturated carbocycles. The van der Waals surface area contributed by atoms with Crippen molar-refractivity contribution in [2.75, 3.05) is 26.7 Å². The van der Waals surface area contributed by atoms with Crippen molar-refractivity contribution in [2.45, 2.75) is 32.9 Å². The lowest BCUT2D eigenvalue weighted by atomic mass is 10.2. The van der Waals surface area contributed by atoms with E-state index in [9.17, 15) is 0 Å². The lowest BCUT2D eigenvalue weighted by Gasteiger charge is -2.17. The zero-order chi connectivity index (χ0) is 22.6. The highest BCUT2D eigenvalue weighted by Gasteiger charge is 2.09. The number of ether oxygens (including phenoxy) is 2. The maximum Gasteiger partial charge on any atom is 0.191 e. The summed E-state index contributed by atoms with van der Waals surface area (Å²) in [7, 11) is 1.64. The van der Waals surface area contributed by atoms with Crippen LogP contribution in [0.2, 0.25) is 0 Å². The number of halogens is 1. The van der Waals surface area contributed by atoms with Gasteiger partial charge in [0.25, 0.3) is 0 Å². The fraction of sp³-hybridized carbons (Fsp3) is 0.360. The molecule has 1 aromatic heterocycles. The molecule has 33 heavy (non-hydrogen) atoms. The summed E-state index contributed by atoms with van der Waals surface area (Å²) in [6, 6.07) is 18.1. The van der Waals surface area contributed by atoms with E-state index in [1.807, 2.05) is 49.6 Å². The number of rotatable bonds is 11. The van der Waals surface area contributed by atoms with Gasteiger partial charge < -0.3 is 24.7 Å². The number of benzene rings is 2. The highest BCUT2D eigenvalue weighted by atomic mass is 127. The Hall–Kier alpha value is -2.75. The van der Waals surface area contributed by atoms with Crippen LogP contribution in [0.5, 0.6) is 11.5 Å². The zero-order valence-electron chi connectivity index (χ0n) is 19.5. The van der Waals surface area contributed by atoms with Crippen molar-refractivity contribution >= 4 is 29.9 Å². The molecule has 0 spiro atoms. The molecular formula is C25H34IN5O2. The maximum atomic E-state index is 6.00. The number of hydrogen-bond donors (Lipinski definition) is 2. The van der Waals surface area contributed by atoms with Gasteiger partial charge in [-0.2, -0.15) is 0 Å². The molecule has 2 aromatic carbocycles. The number of aliphatic imine (C=N–C) groups is 1. The largest absolute Gasteiger partial charge is 0.493 e. The third-order valence-electron chi connectivity index (χ3n) is 4.89. The van der Waals surface area contributed by atoms with Gasteiger partial charge in [0.05, 0.1) is 13.7 Å². The van der Waals surface area contributed by atoms with Crippen LogP contribution in [0, 0.1) is 0 Å². The van der Waals surface area contributed by atoms with Gasteiger partial charge in [0.2, 0.25) is 0 Å². The maximum absolute atomic E-state index is 6.00. The molecule has 0 aliphatic heterocycles. The van der Waals surface area contributed by atoms with Crippen LogP contribution in [-0.4, -0.2) is 48.4 Å². The van der Waals surface area contributed by atoms with Gasteiger partial charge in [0.15, 0.2) is 17.5 Å². The molecule has 3 rings (SSSR count). The lowest BCUT2D eigenvalue weighted by molar-refractivity contribution is 0.219. The highest BCUT2D eigenvalue weighted by Crippen LogP contribution is 2.26. The molecule has 7 nitrogen and oxygen atoms in total. The van der Waals surface area contributed by atoms with Crippen LogP contribution < -0.4 is 20.1 Å². The molecule has 0 bridgehead atoms. The summed E-state index contributed by atoms with van der Waals surface area (Å²) in [5.74, 6) is 3.26. The fourth-order valence-corrected chi connectivity index (χ4v) is 3.32. The SMILES string of the molecule is CCNC(=NCC(C)Oc1ccccc1OC)NCCc1nccn1Cc1ccccc1.I. The average Bonchev–Trinajstić information content (AvgIpc) is 3.25. The smallest absolute Gasteiger partial charge is 0.191 e. The molecule has 3 aromatic rings. The zero-order valence-corrected chi connectivity index (χ0v) is 21.9. The van der Waals surface area contributed by atoms with Crippen molar-refractivity contribution in [3.8, 4) is 11.5 Å². The number of nitrogens with one attached hydrogen (secondary N) is 2. The molecule has 8 heteroatoms. The minimum Gasteiger partial charge on any atom is -0.493 e. The Morgan fingerprint density at radius 3 is 2.52 bits per heavy atom. The second-order valence-corrected chi connectivity index (χ2v) is 7.43. The fourth-order valence-electron chi connectivity index (χ4n) is 3.32. The van der Waals surface area contributed by atoms with Gasteiger partial charge in [0, 0.05) is 38.4 Å². The van der Waals surface area contributed by atoms with Crippen molar-refractivity contribution in [2.24, 2.45) is 4.99 Å². The Morgan fingerprint density at radius 1 is 1.06 bits per heavy atom. The highest BCUT2D eigenvalue weighted by molar-refractivity contribution is 14.0. The first-order valence-electron chi connectivity index (χ1n) is 11.1. The predicted molar refractivity (Wildman–Crippen MR) is 144 cm³/mol. The number of para-hydroxylation sites is 2. The van der Waals surface area contributed by atoms with Gasteiger partial charge in [-0.15, -0.1) is 24.0 Å². The monoisotopic (exact) mass is 563 g/mol. The second kappa shape index (κ2) is 14.4. The predicted octanol–water partition coefficient (Wildman–Crippen LogP) is 4.12. The number of hydrogen-bond acceptors (Lipinski definition) is 4. The van der Waals surface area contributed by atoms with E-state index < -0.39 is 0 Å². The molecule has 1 atom stereocenters. The molecule has 178 valence electrons. The van der Waals surface area contributed by atoms with Crippen molar-refractivity contribution in [3.63, 3.8) is 0 Å². The van der Waals surface area contributed by atoms with Crippen LogP contribution >= 0.6 is 24.0 Å². The van der Waals surface area contributed by atoms with Crippen molar-refractivity contribution in [1.82, 2.24) is 20.2 Å². The minimum absolute atomic E-state index is 0. The molecule has 0 amide bonds. The van der Waals surface area contributed by atoms with Gasteiger partial charge in [-0.3, -0.25) is 0 Å². The summed E-state index contributed by atoms with van der Waals surface area (Å²) in [6.45, 7) is 6.92. The Morgan fingerprint density at radius 2 is 1.79 bits per heavy atom. The quantitative estimate of drug-likeness (QED) is 0.209. The average molecular weight is 563 g/mol. The van der Waals surface area contributed by atoms with Gasteiger partial charge in [-0.25, -0.2) is 9.98 Å². The van der Waals surface area contributed by atoms with Crippen molar-refractivity contribution in [3.05, 3.63) is 78.4 Å². The summed E-state index contributed by atoms with van der Waals surface area (Å²) in [6.07, 6.45) is 4.59. The molecule has 2 N–H and O–H groups in total. The van der Waals surface area contributed by atoms with Crippen molar-refractivity contribution in [1.29, 1.82) is 0 Å². The molecule has 1 unspecified atom stereocenters. The van der Waals surface area contributed by atoms with E-state index in [2.05, 4.69) is 56.4 Å². The summed E-state index contributed by atoms with van der Waals surface area (Å²) < 4.78 is 13.5. The molecule has 0 fully saturated rings. The third-order valence-corrected chi connectivity index (χ3v) is 4.89.